The van der Waals surface area contributed by atoms with Gasteiger partial charge in [0.1, 0.15) is 11.7 Å². The molecule has 0 bridgehead atoms. The fourth-order valence-corrected chi connectivity index (χ4v) is 2.98. The van der Waals surface area contributed by atoms with Gasteiger partial charge < -0.3 is 14.7 Å². The van der Waals surface area contributed by atoms with Crippen LogP contribution in [0.3, 0.4) is 0 Å². The van der Waals surface area contributed by atoms with Crippen LogP contribution in [0.4, 0.5) is 5.13 Å². The van der Waals surface area contributed by atoms with Gasteiger partial charge in [-0.25, -0.2) is 4.98 Å². The molecule has 0 saturated carbocycles. The van der Waals surface area contributed by atoms with Crippen LogP contribution in [0, 0.1) is 5.92 Å². The minimum atomic E-state index is -0.809. The van der Waals surface area contributed by atoms with Crippen LogP contribution in [0.5, 0.6) is 0 Å². The van der Waals surface area contributed by atoms with Crippen LogP contribution >= 0.6 is 11.5 Å². The van der Waals surface area contributed by atoms with E-state index in [1.807, 2.05) is 18.7 Å². The fourth-order valence-electron chi connectivity index (χ4n) is 2.10. The van der Waals surface area contributed by atoms with Crippen molar-refractivity contribution in [2.75, 3.05) is 24.7 Å². The van der Waals surface area contributed by atoms with Crippen molar-refractivity contribution in [3.63, 3.8) is 0 Å². The van der Waals surface area contributed by atoms with Crippen LogP contribution in [0.1, 0.15) is 19.7 Å². The lowest BCUT2D eigenvalue weighted by molar-refractivity contribution is -0.141. The van der Waals surface area contributed by atoms with Crippen LogP contribution in [0.25, 0.3) is 0 Å². The number of aryl methyl sites for hydroxylation is 1. The molecule has 18 heavy (non-hydrogen) atoms. The van der Waals surface area contributed by atoms with Crippen LogP contribution in [-0.2, 0) is 16.0 Å². The first-order valence-corrected chi connectivity index (χ1v) is 6.84. The summed E-state index contributed by atoms with van der Waals surface area (Å²) < 4.78 is 9.55. The third-order valence-corrected chi connectivity index (χ3v) is 3.92. The van der Waals surface area contributed by atoms with Crippen molar-refractivity contribution in [2.45, 2.75) is 26.3 Å². The summed E-state index contributed by atoms with van der Waals surface area (Å²) in [7, 11) is 0. The number of rotatable bonds is 5. The normalized spacial score (nSPS) is 23.2. The molecule has 1 aliphatic rings. The van der Waals surface area contributed by atoms with Crippen LogP contribution in [-0.4, -0.2) is 46.2 Å². The molecule has 1 N–H and O–H groups in total. The molecule has 0 amide bonds. The highest BCUT2D eigenvalue weighted by Crippen LogP contribution is 2.27. The second-order valence-corrected chi connectivity index (χ2v) is 4.91. The number of ether oxygens (including phenoxy) is 1. The summed E-state index contributed by atoms with van der Waals surface area (Å²) in [6.45, 7) is 5.41. The Kier molecular flexibility index (Phi) is 4.13. The maximum absolute atomic E-state index is 11.2. The van der Waals surface area contributed by atoms with Crippen molar-refractivity contribution in [3.05, 3.63) is 5.82 Å². The summed E-state index contributed by atoms with van der Waals surface area (Å²) >= 11 is 1.32. The van der Waals surface area contributed by atoms with Gasteiger partial charge in [-0.2, -0.15) is 4.37 Å². The summed E-state index contributed by atoms with van der Waals surface area (Å²) in [5.41, 5.74) is 0. The number of carboxylic acid groups (broad SMARTS) is 1. The molecule has 0 spiro atoms. The van der Waals surface area contributed by atoms with Gasteiger partial charge >= 0.3 is 5.97 Å². The van der Waals surface area contributed by atoms with Gasteiger partial charge in [0.25, 0.3) is 0 Å². The minimum absolute atomic E-state index is 0.148. The van der Waals surface area contributed by atoms with Crippen molar-refractivity contribution in [1.29, 1.82) is 0 Å². The Bertz CT molecular complexity index is 423. The first kappa shape index (κ1) is 13.2. The van der Waals surface area contributed by atoms with E-state index in [9.17, 15) is 9.90 Å². The molecular weight excluding hydrogens is 254 g/mol. The summed E-state index contributed by atoms with van der Waals surface area (Å²) in [6.07, 6.45) is 0.789. The van der Waals surface area contributed by atoms with E-state index in [2.05, 4.69) is 9.36 Å². The second kappa shape index (κ2) is 5.62. The van der Waals surface area contributed by atoms with E-state index in [-0.39, 0.29) is 12.6 Å². The first-order valence-electron chi connectivity index (χ1n) is 6.07. The van der Waals surface area contributed by atoms with E-state index < -0.39 is 11.9 Å². The molecule has 1 aliphatic heterocycles. The molecule has 0 aliphatic carbocycles. The van der Waals surface area contributed by atoms with Crippen molar-refractivity contribution in [3.8, 4) is 0 Å². The second-order valence-electron chi connectivity index (χ2n) is 4.18. The Balaban J connectivity index is 2.19. The van der Waals surface area contributed by atoms with Gasteiger partial charge in [-0.15, -0.1) is 0 Å². The Morgan fingerprint density at radius 2 is 2.33 bits per heavy atom. The molecule has 1 fully saturated rings. The molecule has 2 rings (SSSR count). The zero-order valence-corrected chi connectivity index (χ0v) is 11.3. The number of aliphatic carboxylic acids is 1. The van der Waals surface area contributed by atoms with E-state index in [4.69, 9.17) is 4.74 Å². The highest BCUT2D eigenvalue weighted by molar-refractivity contribution is 7.09. The van der Waals surface area contributed by atoms with Gasteiger partial charge in [-0.1, -0.05) is 6.92 Å². The number of carboxylic acids is 1. The van der Waals surface area contributed by atoms with Crippen molar-refractivity contribution in [2.24, 2.45) is 5.92 Å². The molecule has 2 heterocycles. The highest BCUT2D eigenvalue weighted by atomic mass is 32.1. The molecule has 2 unspecified atom stereocenters. The van der Waals surface area contributed by atoms with Crippen LogP contribution in [0.2, 0.25) is 0 Å². The maximum Gasteiger partial charge on any atom is 0.311 e. The topological polar surface area (TPSA) is 75.6 Å². The maximum atomic E-state index is 11.2. The van der Waals surface area contributed by atoms with E-state index in [0.717, 1.165) is 17.4 Å². The molecule has 1 saturated heterocycles. The minimum Gasteiger partial charge on any atom is -0.481 e. The monoisotopic (exact) mass is 271 g/mol. The summed E-state index contributed by atoms with van der Waals surface area (Å²) in [5.74, 6) is -0.491. The number of carbonyl (C=O) groups is 1. The van der Waals surface area contributed by atoms with Gasteiger partial charge in [0.2, 0.25) is 5.13 Å². The average molecular weight is 271 g/mol. The molecule has 6 nitrogen and oxygen atoms in total. The summed E-state index contributed by atoms with van der Waals surface area (Å²) in [4.78, 5) is 17.6. The number of hydrogen-bond acceptors (Lipinski definition) is 6. The van der Waals surface area contributed by atoms with Gasteiger partial charge in [0.15, 0.2) is 0 Å². The number of hydrogen-bond donors (Lipinski definition) is 1. The molecule has 7 heteroatoms. The third kappa shape index (κ3) is 2.46. The predicted molar refractivity (Wildman–Crippen MR) is 68.0 cm³/mol. The predicted octanol–water partition coefficient (Wildman–Crippen LogP) is 1.03. The Morgan fingerprint density at radius 1 is 1.56 bits per heavy atom. The Labute approximate surface area is 110 Å². The van der Waals surface area contributed by atoms with Gasteiger partial charge in [-0.3, -0.25) is 4.79 Å². The fraction of sp³-hybridized carbons (Fsp3) is 0.727. The Morgan fingerprint density at radius 3 is 2.89 bits per heavy atom. The first-order chi connectivity index (χ1) is 8.67. The standard InChI is InChI=1S/C11H17N3O3S/c1-3-9-12-11(18-13-9)14(4-2)8-6-17-5-7(8)10(15)16/h7-8H,3-6H2,1-2H3,(H,15,16). The molecule has 1 aromatic rings. The summed E-state index contributed by atoms with van der Waals surface area (Å²) in [5, 5.41) is 9.98. The number of anilines is 1. The molecule has 0 aromatic carbocycles. The number of nitrogens with zero attached hydrogens (tertiary/aromatic N) is 3. The largest absolute Gasteiger partial charge is 0.481 e. The van der Waals surface area contributed by atoms with Gasteiger partial charge in [-0.05, 0) is 6.92 Å². The number of aromatic nitrogens is 2. The van der Waals surface area contributed by atoms with Gasteiger partial charge in [0, 0.05) is 24.5 Å². The van der Waals surface area contributed by atoms with E-state index in [0.29, 0.717) is 13.2 Å². The van der Waals surface area contributed by atoms with Crippen molar-refractivity contribution < 1.29 is 14.6 Å². The van der Waals surface area contributed by atoms with Crippen molar-refractivity contribution >= 4 is 22.6 Å². The van der Waals surface area contributed by atoms with Gasteiger partial charge in [0.05, 0.1) is 19.3 Å². The molecule has 2 atom stereocenters. The van der Waals surface area contributed by atoms with Crippen LogP contribution < -0.4 is 4.90 Å². The number of likely N-dealkylation sites (N-methyl/N-ethyl adjacent to an activating group) is 1. The van der Waals surface area contributed by atoms with E-state index in [1.165, 1.54) is 11.5 Å². The zero-order valence-electron chi connectivity index (χ0n) is 10.5. The molecular formula is C11H17N3O3S. The Hall–Kier alpha value is -1.21. The average Bonchev–Trinajstić information content (AvgIpc) is 2.98. The lowest BCUT2D eigenvalue weighted by Gasteiger charge is -2.28. The molecule has 1 aromatic heterocycles. The quantitative estimate of drug-likeness (QED) is 0.862. The van der Waals surface area contributed by atoms with E-state index >= 15 is 0 Å². The lowest BCUT2D eigenvalue weighted by Crippen LogP contribution is -2.43. The van der Waals surface area contributed by atoms with Crippen LogP contribution in [0.15, 0.2) is 0 Å². The SMILES string of the molecule is CCc1nsc(N(CC)C2COCC2C(=O)O)n1. The molecule has 0 radical (unpaired) electrons. The summed E-state index contributed by atoms with van der Waals surface area (Å²) in [6, 6.07) is -0.148. The smallest absolute Gasteiger partial charge is 0.311 e. The lowest BCUT2D eigenvalue weighted by atomic mass is 10.0. The van der Waals surface area contributed by atoms with Crippen molar-refractivity contribution in [1.82, 2.24) is 9.36 Å². The molecule has 100 valence electrons. The highest BCUT2D eigenvalue weighted by Gasteiger charge is 2.38. The zero-order chi connectivity index (χ0) is 13.1. The third-order valence-electron chi connectivity index (χ3n) is 3.13. The van der Waals surface area contributed by atoms with E-state index in [1.54, 1.807) is 0 Å².